The van der Waals surface area contributed by atoms with Crippen LogP contribution in [0.1, 0.15) is 72.4 Å². The van der Waals surface area contributed by atoms with Crippen LogP contribution in [-0.2, 0) is 53.1 Å². The van der Waals surface area contributed by atoms with Gasteiger partial charge < -0.3 is 43.2 Å². The molecular weight excluding hydrogens is 630 g/mol. The molecule has 264 valence electrons. The van der Waals surface area contributed by atoms with Gasteiger partial charge in [0, 0.05) is 31.9 Å². The Morgan fingerprint density at radius 1 is 1.00 bits per heavy atom. The van der Waals surface area contributed by atoms with Gasteiger partial charge in [-0.15, -0.1) is 0 Å². The summed E-state index contributed by atoms with van der Waals surface area (Å²) < 4.78 is 38.6. The van der Waals surface area contributed by atoms with Crippen LogP contribution in [0.5, 0.6) is 11.5 Å². The van der Waals surface area contributed by atoms with Crippen molar-refractivity contribution in [2.45, 2.75) is 115 Å². The topological polar surface area (TPSA) is 173 Å². The highest BCUT2D eigenvalue weighted by atomic mass is 16.7. The first-order valence-electron chi connectivity index (χ1n) is 15.7. The summed E-state index contributed by atoms with van der Waals surface area (Å²) in [6, 6.07) is 3.37. The maximum absolute atomic E-state index is 13.5. The number of esters is 5. The van der Waals surface area contributed by atoms with E-state index in [2.05, 4.69) is 4.90 Å². The SMILES string of the molecule is COc1ccc(C)c2c1O[C@H]1C(OC(=O)[C@H](C)OC(=O)[C@H](OC(C)=O)[C@@H](OC(C)=O)C(=O)OC(C)(C)C)=CC[C@@]3(O)[C@@H](C)N(C)CC[C@]213. The number of nitrogens with zero attached hydrogens (tertiary/aromatic N) is 1. The number of hydrogen-bond donors (Lipinski definition) is 1. The molecule has 2 heterocycles. The van der Waals surface area contributed by atoms with Gasteiger partial charge in [0.2, 0.25) is 12.2 Å². The molecule has 1 aromatic carbocycles. The van der Waals surface area contributed by atoms with E-state index in [1.54, 1.807) is 32.9 Å². The third-order valence-corrected chi connectivity index (χ3v) is 9.11. The molecule has 2 aliphatic heterocycles. The second kappa shape index (κ2) is 13.4. The lowest BCUT2D eigenvalue weighted by Gasteiger charge is -2.58. The first-order chi connectivity index (χ1) is 22.3. The van der Waals surface area contributed by atoms with Crippen LogP contribution in [0.2, 0.25) is 0 Å². The number of benzene rings is 1. The third-order valence-electron chi connectivity index (χ3n) is 9.11. The average molecular weight is 676 g/mol. The number of methoxy groups -OCH3 is 1. The van der Waals surface area contributed by atoms with E-state index in [4.69, 9.17) is 33.2 Å². The number of rotatable bonds is 9. The minimum Gasteiger partial charge on any atom is -0.493 e. The van der Waals surface area contributed by atoms with Crippen molar-refractivity contribution in [2.24, 2.45) is 0 Å². The van der Waals surface area contributed by atoms with Crippen LogP contribution in [0.25, 0.3) is 0 Å². The summed E-state index contributed by atoms with van der Waals surface area (Å²) in [5, 5.41) is 12.4. The maximum atomic E-state index is 13.5. The van der Waals surface area contributed by atoms with Crippen molar-refractivity contribution in [1.82, 2.24) is 4.90 Å². The van der Waals surface area contributed by atoms with E-state index >= 15 is 0 Å². The molecule has 0 unspecified atom stereocenters. The van der Waals surface area contributed by atoms with Gasteiger partial charge in [0.05, 0.1) is 18.1 Å². The molecule has 0 amide bonds. The second-order valence-electron chi connectivity index (χ2n) is 13.5. The summed E-state index contributed by atoms with van der Waals surface area (Å²) in [6.45, 7) is 12.3. The second-order valence-corrected chi connectivity index (χ2v) is 13.5. The molecule has 4 rings (SSSR count). The Morgan fingerprint density at radius 3 is 2.17 bits per heavy atom. The van der Waals surface area contributed by atoms with E-state index in [-0.39, 0.29) is 18.2 Å². The smallest absolute Gasteiger partial charge is 0.352 e. The van der Waals surface area contributed by atoms with Crippen molar-refractivity contribution in [2.75, 3.05) is 20.7 Å². The van der Waals surface area contributed by atoms with Gasteiger partial charge in [0.15, 0.2) is 23.7 Å². The van der Waals surface area contributed by atoms with Crippen molar-refractivity contribution in [3.8, 4) is 11.5 Å². The van der Waals surface area contributed by atoms with E-state index in [0.29, 0.717) is 24.5 Å². The van der Waals surface area contributed by atoms with Crippen LogP contribution in [0.15, 0.2) is 24.0 Å². The maximum Gasteiger partial charge on any atom is 0.352 e. The number of piperidine rings is 1. The van der Waals surface area contributed by atoms with Crippen LogP contribution in [-0.4, -0.2) is 102 Å². The Morgan fingerprint density at radius 2 is 1.60 bits per heavy atom. The number of likely N-dealkylation sites (N-methyl/N-ethyl adjacent to an activating group) is 1. The predicted octanol–water partition coefficient (Wildman–Crippen LogP) is 2.43. The quantitative estimate of drug-likeness (QED) is 0.299. The van der Waals surface area contributed by atoms with E-state index < -0.39 is 70.9 Å². The first kappa shape index (κ1) is 36.7. The van der Waals surface area contributed by atoms with Crippen LogP contribution >= 0.6 is 0 Å². The summed E-state index contributed by atoms with van der Waals surface area (Å²) in [6.07, 6.45) is -4.44. The summed E-state index contributed by atoms with van der Waals surface area (Å²) in [4.78, 5) is 65.6. The number of ether oxygens (including phenoxy) is 7. The molecule has 1 N–H and O–H groups in total. The minimum absolute atomic E-state index is 0.116. The lowest BCUT2D eigenvalue weighted by Crippen LogP contribution is -2.71. The zero-order valence-corrected chi connectivity index (χ0v) is 29.0. The molecular formula is C34H45NO13. The van der Waals surface area contributed by atoms with Gasteiger partial charge in [-0.25, -0.2) is 14.4 Å². The van der Waals surface area contributed by atoms with Crippen molar-refractivity contribution >= 4 is 29.8 Å². The van der Waals surface area contributed by atoms with Gasteiger partial charge in [-0.2, -0.15) is 0 Å². The molecule has 48 heavy (non-hydrogen) atoms. The van der Waals surface area contributed by atoms with Gasteiger partial charge >= 0.3 is 29.8 Å². The monoisotopic (exact) mass is 675 g/mol. The number of carbonyl (C=O) groups excluding carboxylic acids is 5. The van der Waals surface area contributed by atoms with Gasteiger partial charge in [-0.3, -0.25) is 9.59 Å². The highest BCUT2D eigenvalue weighted by Gasteiger charge is 2.69. The van der Waals surface area contributed by atoms with Gasteiger partial charge in [-0.1, -0.05) is 6.07 Å². The molecule has 7 atom stereocenters. The molecule has 14 nitrogen and oxygen atoms in total. The number of fused-ring (bicyclic) bond motifs is 1. The van der Waals surface area contributed by atoms with Gasteiger partial charge in [0.25, 0.3) is 0 Å². The Hall–Kier alpha value is -4.17. The van der Waals surface area contributed by atoms with Crippen molar-refractivity contribution < 1.29 is 62.2 Å². The van der Waals surface area contributed by atoms with Gasteiger partial charge in [0.1, 0.15) is 11.4 Å². The largest absolute Gasteiger partial charge is 0.493 e. The van der Waals surface area contributed by atoms with E-state index in [9.17, 15) is 29.1 Å². The van der Waals surface area contributed by atoms with Crippen molar-refractivity contribution in [3.63, 3.8) is 0 Å². The Labute approximate surface area is 279 Å². The molecule has 14 heteroatoms. The molecule has 1 fully saturated rings. The fraction of sp³-hybridized carbons (Fsp3) is 0.618. The Kier molecular flexibility index (Phi) is 10.2. The predicted molar refractivity (Wildman–Crippen MR) is 167 cm³/mol. The average Bonchev–Trinajstić information content (AvgIpc) is 3.35. The number of carbonyl (C=O) groups is 5. The number of aliphatic hydroxyl groups is 1. The lowest BCUT2D eigenvalue weighted by molar-refractivity contribution is -0.198. The number of aryl methyl sites for hydroxylation is 1. The molecule has 0 bridgehead atoms. The lowest BCUT2D eigenvalue weighted by atomic mass is 9.54. The van der Waals surface area contributed by atoms with Crippen LogP contribution in [0, 0.1) is 6.92 Å². The summed E-state index contributed by atoms with van der Waals surface area (Å²) in [5.41, 5.74) is -1.72. The fourth-order valence-corrected chi connectivity index (χ4v) is 6.83. The Balaban J connectivity index is 1.62. The zero-order chi connectivity index (χ0) is 35.9. The highest BCUT2D eigenvalue weighted by molar-refractivity contribution is 5.90. The third kappa shape index (κ3) is 6.59. The van der Waals surface area contributed by atoms with E-state index in [0.717, 1.165) is 25.0 Å². The van der Waals surface area contributed by atoms with Crippen molar-refractivity contribution in [3.05, 3.63) is 35.1 Å². The van der Waals surface area contributed by atoms with Crippen molar-refractivity contribution in [1.29, 1.82) is 0 Å². The standard InChI is InChI=1S/C34H45NO13/c1-17-11-12-22(42-10)25-24(17)33-15-16-35(9)19(3)34(33,41)14-13-23(28(33)47-25)46-29(38)18(2)43-30(39)26(44-20(4)36)27(45-21(5)37)31(40)48-32(6,7)8/h11-13,18-19,26-28,41H,14-16H2,1-10H3/t18-,19+,26+,27+,28-,33-,34+/m0/s1. The zero-order valence-electron chi connectivity index (χ0n) is 29.0. The highest BCUT2D eigenvalue weighted by Crippen LogP contribution is 2.62. The van der Waals surface area contributed by atoms with Gasteiger partial charge in [-0.05, 0) is 79.3 Å². The molecule has 0 radical (unpaired) electrons. The molecule has 3 aliphatic rings. The van der Waals surface area contributed by atoms with Crippen LogP contribution < -0.4 is 9.47 Å². The first-order valence-corrected chi connectivity index (χ1v) is 15.7. The summed E-state index contributed by atoms with van der Waals surface area (Å²) in [7, 11) is 3.45. The molecule has 1 aromatic rings. The molecule has 1 aliphatic carbocycles. The summed E-state index contributed by atoms with van der Waals surface area (Å²) in [5.74, 6) is -4.47. The molecule has 1 spiro atoms. The summed E-state index contributed by atoms with van der Waals surface area (Å²) >= 11 is 0. The fourth-order valence-electron chi connectivity index (χ4n) is 6.83. The van der Waals surface area contributed by atoms with E-state index in [1.807, 2.05) is 27.0 Å². The normalized spacial score (nSPS) is 26.5. The minimum atomic E-state index is -2.09. The molecule has 0 saturated carbocycles. The van der Waals surface area contributed by atoms with E-state index in [1.165, 1.54) is 14.0 Å². The number of likely N-dealkylation sites (tertiary alicyclic amines) is 1. The molecule has 1 saturated heterocycles. The molecule has 0 aromatic heterocycles. The van der Waals surface area contributed by atoms with Crippen LogP contribution in [0.3, 0.4) is 0 Å². The Bertz CT molecular complexity index is 1510. The van der Waals surface area contributed by atoms with Crippen LogP contribution in [0.4, 0.5) is 0 Å². The number of hydrogen-bond acceptors (Lipinski definition) is 14.